The third-order valence-electron chi connectivity index (χ3n) is 4.61. The van der Waals surface area contributed by atoms with Gasteiger partial charge in [-0.1, -0.05) is 42.8 Å². The van der Waals surface area contributed by atoms with Crippen molar-refractivity contribution in [2.75, 3.05) is 0 Å². The summed E-state index contributed by atoms with van der Waals surface area (Å²) in [6.45, 7) is 1.91. The van der Waals surface area contributed by atoms with Gasteiger partial charge in [0.25, 0.3) is 0 Å². The summed E-state index contributed by atoms with van der Waals surface area (Å²) in [5, 5.41) is 9.28. The van der Waals surface area contributed by atoms with Gasteiger partial charge < -0.3 is 5.11 Å². The van der Waals surface area contributed by atoms with E-state index in [1.54, 1.807) is 6.08 Å². The first-order valence-electron chi connectivity index (χ1n) is 6.63. The summed E-state index contributed by atoms with van der Waals surface area (Å²) in [5.41, 5.74) is 1.49. The number of rotatable bonds is 4. The quantitative estimate of drug-likeness (QED) is 0.900. The lowest BCUT2D eigenvalue weighted by molar-refractivity contribution is -0.141. The zero-order valence-electron chi connectivity index (χ0n) is 10.8. The number of carbonyl (C=O) groups is 2. The third kappa shape index (κ3) is 1.57. The van der Waals surface area contributed by atoms with Gasteiger partial charge in [0.05, 0.1) is 11.3 Å². The number of aliphatic carboxylic acids is 1. The third-order valence-corrected chi connectivity index (χ3v) is 4.61. The van der Waals surface area contributed by atoms with Crippen LogP contribution in [0.2, 0.25) is 0 Å². The van der Waals surface area contributed by atoms with Crippen LogP contribution in [0.3, 0.4) is 0 Å². The van der Waals surface area contributed by atoms with Gasteiger partial charge in [-0.15, -0.1) is 0 Å². The monoisotopic (exact) mass is 256 g/mol. The number of allylic oxidation sites excluding steroid dienone is 2. The van der Waals surface area contributed by atoms with Crippen LogP contribution < -0.4 is 0 Å². The molecule has 0 bridgehead atoms. The van der Waals surface area contributed by atoms with Crippen molar-refractivity contribution in [3.63, 3.8) is 0 Å². The zero-order valence-corrected chi connectivity index (χ0v) is 10.8. The highest BCUT2D eigenvalue weighted by molar-refractivity contribution is 6.07. The SMILES string of the molecule is CCC12C(=O)C=C(Cc3ccccc3)C1C2C(=O)O. The van der Waals surface area contributed by atoms with Crippen molar-refractivity contribution < 1.29 is 14.7 Å². The van der Waals surface area contributed by atoms with E-state index in [4.69, 9.17) is 0 Å². The van der Waals surface area contributed by atoms with Gasteiger partial charge in [0, 0.05) is 5.92 Å². The highest BCUT2D eigenvalue weighted by Crippen LogP contribution is 2.68. The van der Waals surface area contributed by atoms with Gasteiger partial charge in [-0.05, 0) is 24.5 Å². The molecule has 0 spiro atoms. The molecule has 0 radical (unpaired) electrons. The van der Waals surface area contributed by atoms with E-state index in [1.807, 2.05) is 37.3 Å². The molecule has 0 saturated heterocycles. The van der Waals surface area contributed by atoms with Crippen LogP contribution in [0.5, 0.6) is 0 Å². The largest absolute Gasteiger partial charge is 0.481 e. The number of fused-ring (bicyclic) bond motifs is 1. The van der Waals surface area contributed by atoms with E-state index in [2.05, 4.69) is 0 Å². The van der Waals surface area contributed by atoms with Crippen LogP contribution in [0.25, 0.3) is 0 Å². The molecule has 2 aliphatic carbocycles. The second kappa shape index (κ2) is 4.05. The van der Waals surface area contributed by atoms with Gasteiger partial charge >= 0.3 is 5.97 Å². The van der Waals surface area contributed by atoms with Crippen LogP contribution in [0, 0.1) is 17.3 Å². The first kappa shape index (κ1) is 12.2. The summed E-state index contributed by atoms with van der Waals surface area (Å²) in [6, 6.07) is 9.89. The second-order valence-corrected chi connectivity index (χ2v) is 5.43. The van der Waals surface area contributed by atoms with Gasteiger partial charge in [-0.2, -0.15) is 0 Å². The predicted molar refractivity (Wildman–Crippen MR) is 70.6 cm³/mol. The molecule has 0 aromatic heterocycles. The maximum Gasteiger partial charge on any atom is 0.308 e. The smallest absolute Gasteiger partial charge is 0.308 e. The molecule has 3 atom stereocenters. The summed E-state index contributed by atoms with van der Waals surface area (Å²) in [6.07, 6.45) is 2.98. The second-order valence-electron chi connectivity index (χ2n) is 5.43. The lowest BCUT2D eigenvalue weighted by Crippen LogP contribution is -2.17. The Morgan fingerprint density at radius 3 is 2.53 bits per heavy atom. The number of ketones is 1. The van der Waals surface area contributed by atoms with E-state index in [0.717, 1.165) is 11.1 Å². The fourth-order valence-corrected chi connectivity index (χ4v) is 3.65. The summed E-state index contributed by atoms with van der Waals surface area (Å²) >= 11 is 0. The summed E-state index contributed by atoms with van der Waals surface area (Å²) in [4.78, 5) is 23.4. The highest BCUT2D eigenvalue weighted by atomic mass is 16.4. The Labute approximate surface area is 111 Å². The van der Waals surface area contributed by atoms with Crippen LogP contribution in [0.4, 0.5) is 0 Å². The van der Waals surface area contributed by atoms with Gasteiger partial charge in [-0.3, -0.25) is 9.59 Å². The summed E-state index contributed by atoms with van der Waals surface area (Å²) in [7, 11) is 0. The Morgan fingerprint density at radius 1 is 1.32 bits per heavy atom. The van der Waals surface area contributed by atoms with E-state index in [1.165, 1.54) is 0 Å². The Kier molecular flexibility index (Phi) is 2.59. The first-order chi connectivity index (χ1) is 9.11. The van der Waals surface area contributed by atoms with E-state index in [0.29, 0.717) is 12.8 Å². The van der Waals surface area contributed by atoms with Crippen LogP contribution in [0.15, 0.2) is 42.0 Å². The van der Waals surface area contributed by atoms with Crippen LogP contribution >= 0.6 is 0 Å². The average Bonchev–Trinajstić information content (AvgIpc) is 3.02. The number of carboxylic acid groups (broad SMARTS) is 1. The molecule has 1 fully saturated rings. The van der Waals surface area contributed by atoms with Crippen LogP contribution in [0.1, 0.15) is 18.9 Å². The molecule has 0 aliphatic heterocycles. The van der Waals surface area contributed by atoms with Crippen molar-refractivity contribution in [3.05, 3.63) is 47.5 Å². The van der Waals surface area contributed by atoms with Gasteiger partial charge in [-0.25, -0.2) is 0 Å². The van der Waals surface area contributed by atoms with E-state index in [-0.39, 0.29) is 11.7 Å². The number of carbonyl (C=O) groups excluding carboxylic acids is 1. The molecule has 0 heterocycles. The Balaban J connectivity index is 1.88. The minimum absolute atomic E-state index is 0.0123. The van der Waals surface area contributed by atoms with Gasteiger partial charge in [0.2, 0.25) is 0 Å². The Bertz CT molecular complexity index is 573. The highest BCUT2D eigenvalue weighted by Gasteiger charge is 2.74. The summed E-state index contributed by atoms with van der Waals surface area (Å²) in [5.74, 6) is -1.41. The minimum atomic E-state index is -0.834. The fourth-order valence-electron chi connectivity index (χ4n) is 3.65. The van der Waals surface area contributed by atoms with Crippen molar-refractivity contribution >= 4 is 11.8 Å². The van der Waals surface area contributed by atoms with E-state index < -0.39 is 17.3 Å². The molecule has 0 amide bonds. The van der Waals surface area contributed by atoms with E-state index >= 15 is 0 Å². The topological polar surface area (TPSA) is 54.4 Å². The lowest BCUT2D eigenvalue weighted by Gasteiger charge is -2.06. The predicted octanol–water partition coefficient (Wildman–Crippen LogP) is 2.47. The summed E-state index contributed by atoms with van der Waals surface area (Å²) < 4.78 is 0. The Hall–Kier alpha value is -1.90. The molecule has 1 aromatic rings. The average molecular weight is 256 g/mol. The van der Waals surface area contributed by atoms with Crippen LogP contribution in [-0.4, -0.2) is 16.9 Å². The first-order valence-corrected chi connectivity index (χ1v) is 6.63. The molecular weight excluding hydrogens is 240 g/mol. The van der Waals surface area contributed by atoms with Crippen molar-refractivity contribution in [1.29, 1.82) is 0 Å². The van der Waals surface area contributed by atoms with Crippen LogP contribution in [-0.2, 0) is 16.0 Å². The lowest BCUT2D eigenvalue weighted by atomic mass is 9.96. The number of benzene rings is 1. The molecule has 3 heteroatoms. The molecule has 98 valence electrons. The molecular formula is C16H16O3. The molecule has 3 unspecified atom stereocenters. The van der Waals surface area contributed by atoms with Crippen molar-refractivity contribution in [3.8, 4) is 0 Å². The number of hydrogen-bond acceptors (Lipinski definition) is 2. The van der Waals surface area contributed by atoms with Gasteiger partial charge in [0.1, 0.15) is 0 Å². The molecule has 3 rings (SSSR count). The molecule has 1 N–H and O–H groups in total. The van der Waals surface area contributed by atoms with Crippen molar-refractivity contribution in [2.24, 2.45) is 17.3 Å². The number of hydrogen-bond donors (Lipinski definition) is 1. The molecule has 3 nitrogen and oxygen atoms in total. The molecule has 1 saturated carbocycles. The normalized spacial score (nSPS) is 31.8. The van der Waals surface area contributed by atoms with Crippen molar-refractivity contribution in [2.45, 2.75) is 19.8 Å². The number of carboxylic acids is 1. The van der Waals surface area contributed by atoms with Crippen molar-refractivity contribution in [1.82, 2.24) is 0 Å². The molecule has 19 heavy (non-hydrogen) atoms. The van der Waals surface area contributed by atoms with Gasteiger partial charge in [0.15, 0.2) is 5.78 Å². The maximum absolute atomic E-state index is 12.1. The Morgan fingerprint density at radius 2 is 2.00 bits per heavy atom. The molecule has 2 aliphatic rings. The fraction of sp³-hybridized carbons (Fsp3) is 0.375. The minimum Gasteiger partial charge on any atom is -0.481 e. The maximum atomic E-state index is 12.1. The standard InChI is InChI=1S/C16H16O3/c1-2-16-12(17)9-11(13(16)14(16)15(18)19)8-10-6-4-3-5-7-10/h3-7,9,13-14H,2,8H2,1H3,(H,18,19). The molecule has 1 aromatic carbocycles. The van der Waals surface area contributed by atoms with E-state index in [9.17, 15) is 14.7 Å². The zero-order chi connectivity index (χ0) is 13.6.